The molecular weight excluding hydrogens is 386 g/mol. The Balaban J connectivity index is 1.47. The molecule has 4 rings (SSSR count). The summed E-state index contributed by atoms with van der Waals surface area (Å²) in [6.45, 7) is 2.86. The van der Waals surface area contributed by atoms with Crippen LogP contribution in [0.3, 0.4) is 0 Å². The Morgan fingerprint density at radius 3 is 2.37 bits per heavy atom. The van der Waals surface area contributed by atoms with Crippen molar-refractivity contribution in [3.63, 3.8) is 0 Å². The number of phenolic OH excluding ortho intramolecular Hbond substituents is 1. The predicted molar refractivity (Wildman–Crippen MR) is 111 cm³/mol. The number of benzene rings is 2. The molecule has 0 bridgehead atoms. The summed E-state index contributed by atoms with van der Waals surface area (Å²) in [5.74, 6) is 0.893. The van der Waals surface area contributed by atoms with E-state index in [1.54, 1.807) is 30.3 Å². The first-order chi connectivity index (χ1) is 14.5. The highest BCUT2D eigenvalue weighted by Gasteiger charge is 2.46. The second-order valence-electron chi connectivity index (χ2n) is 7.50. The molecule has 30 heavy (non-hydrogen) atoms. The number of carbonyl (C=O) groups is 2. The lowest BCUT2D eigenvalue weighted by molar-refractivity contribution is -0.915. The monoisotopic (exact) mass is 412 g/mol. The number of ether oxygens (including phenoxy) is 2. The molecule has 2 aliphatic rings. The molecule has 2 aromatic carbocycles. The average molecular weight is 412 g/mol. The van der Waals surface area contributed by atoms with Crippen molar-refractivity contribution in [2.24, 2.45) is 0 Å². The van der Waals surface area contributed by atoms with Gasteiger partial charge >= 0.3 is 0 Å². The van der Waals surface area contributed by atoms with Gasteiger partial charge in [-0.25, -0.2) is 4.90 Å². The molecule has 8 heteroatoms. The quantitative estimate of drug-likeness (QED) is 0.694. The summed E-state index contributed by atoms with van der Waals surface area (Å²) in [5.41, 5.74) is 1.30. The minimum Gasteiger partial charge on any atom is -0.506 e. The van der Waals surface area contributed by atoms with E-state index in [1.807, 2.05) is 12.1 Å². The lowest BCUT2D eigenvalue weighted by Crippen LogP contribution is -3.19. The van der Waals surface area contributed by atoms with E-state index < -0.39 is 6.04 Å². The third-order valence-corrected chi connectivity index (χ3v) is 5.89. The van der Waals surface area contributed by atoms with Crippen LogP contribution < -0.4 is 24.2 Å². The van der Waals surface area contributed by atoms with E-state index in [1.165, 1.54) is 19.1 Å². The van der Waals surface area contributed by atoms with Crippen molar-refractivity contribution in [3.8, 4) is 17.2 Å². The fourth-order valence-electron chi connectivity index (χ4n) is 4.30. The van der Waals surface area contributed by atoms with Crippen molar-refractivity contribution in [3.05, 3.63) is 42.5 Å². The summed E-state index contributed by atoms with van der Waals surface area (Å²) in [7, 11) is 3.06. The van der Waals surface area contributed by atoms with Crippen molar-refractivity contribution in [1.29, 1.82) is 0 Å². The number of piperazine rings is 1. The van der Waals surface area contributed by atoms with Crippen molar-refractivity contribution in [1.82, 2.24) is 0 Å². The molecular formula is C22H26N3O5+. The molecule has 8 nitrogen and oxygen atoms in total. The Hall–Kier alpha value is -3.26. The Labute approximate surface area is 175 Å². The Kier molecular flexibility index (Phi) is 5.50. The second kappa shape index (κ2) is 8.23. The van der Waals surface area contributed by atoms with Gasteiger partial charge in [-0.2, -0.15) is 0 Å². The van der Waals surface area contributed by atoms with Crippen molar-refractivity contribution in [2.45, 2.75) is 12.5 Å². The van der Waals surface area contributed by atoms with Gasteiger partial charge in [-0.05, 0) is 24.3 Å². The van der Waals surface area contributed by atoms with E-state index in [9.17, 15) is 14.7 Å². The average Bonchev–Trinajstić information content (AvgIpc) is 3.07. The maximum atomic E-state index is 13.1. The molecule has 158 valence electrons. The van der Waals surface area contributed by atoms with Crippen molar-refractivity contribution >= 4 is 23.2 Å². The van der Waals surface area contributed by atoms with Crippen LogP contribution in [0.5, 0.6) is 17.2 Å². The number of aromatic hydroxyl groups is 1. The molecule has 0 aliphatic carbocycles. The number of para-hydroxylation sites is 2. The minimum absolute atomic E-state index is 0.182. The van der Waals surface area contributed by atoms with Gasteiger partial charge in [0.25, 0.3) is 5.91 Å². The molecule has 2 aliphatic heterocycles. The third-order valence-electron chi connectivity index (χ3n) is 5.89. The molecule has 2 aromatic rings. The Morgan fingerprint density at radius 2 is 1.70 bits per heavy atom. The van der Waals surface area contributed by atoms with Gasteiger partial charge in [0.15, 0.2) is 17.5 Å². The summed E-state index contributed by atoms with van der Waals surface area (Å²) >= 11 is 0. The number of rotatable bonds is 5. The third kappa shape index (κ3) is 3.54. The molecule has 0 spiro atoms. The standard InChI is InChI=1S/C22H25N3O5/c1-29-19-8-7-15(13-20(19)30-2)25-21(27)14-17(22(25)28)24-11-9-23(10-12-24)16-5-3-4-6-18(16)26/h3-8,13,17,26H,9-12,14H2,1-2H3/p+1/t17-/m1/s1. The van der Waals surface area contributed by atoms with Crippen LogP contribution in [0, 0.1) is 0 Å². The van der Waals surface area contributed by atoms with Gasteiger partial charge in [-0.3, -0.25) is 9.59 Å². The lowest BCUT2D eigenvalue weighted by Gasteiger charge is -2.35. The van der Waals surface area contributed by atoms with E-state index >= 15 is 0 Å². The normalized spacial score (nSPS) is 20.0. The van der Waals surface area contributed by atoms with Crippen LogP contribution in [0.1, 0.15) is 6.42 Å². The van der Waals surface area contributed by atoms with E-state index in [0.717, 1.165) is 23.7 Å². The summed E-state index contributed by atoms with van der Waals surface area (Å²) in [6.07, 6.45) is 0.194. The number of quaternary nitrogens is 1. The number of anilines is 2. The first-order valence-electron chi connectivity index (χ1n) is 10.00. The number of hydrogen-bond acceptors (Lipinski definition) is 6. The van der Waals surface area contributed by atoms with Gasteiger partial charge in [0.2, 0.25) is 5.91 Å². The van der Waals surface area contributed by atoms with Crippen LogP contribution in [0.25, 0.3) is 0 Å². The molecule has 2 saturated heterocycles. The number of hydrogen-bond donors (Lipinski definition) is 2. The topological polar surface area (TPSA) is 83.8 Å². The zero-order chi connectivity index (χ0) is 21.3. The fourth-order valence-corrected chi connectivity index (χ4v) is 4.30. The predicted octanol–water partition coefficient (Wildman–Crippen LogP) is 0.446. The van der Waals surface area contributed by atoms with Gasteiger partial charge in [0.05, 0.1) is 58.2 Å². The number of nitrogens with zero attached hydrogens (tertiary/aromatic N) is 2. The highest BCUT2D eigenvalue weighted by Crippen LogP contribution is 2.33. The first kappa shape index (κ1) is 20.0. The summed E-state index contributed by atoms with van der Waals surface area (Å²) in [4.78, 5) is 30.3. The lowest BCUT2D eigenvalue weighted by atomic mass is 10.1. The summed E-state index contributed by atoms with van der Waals surface area (Å²) in [5, 5.41) is 10.1. The van der Waals surface area contributed by atoms with E-state index in [4.69, 9.17) is 9.47 Å². The molecule has 0 saturated carbocycles. The van der Waals surface area contributed by atoms with Gasteiger partial charge in [0.1, 0.15) is 5.75 Å². The number of imide groups is 1. The van der Waals surface area contributed by atoms with Crippen LogP contribution >= 0.6 is 0 Å². The molecule has 2 N–H and O–H groups in total. The van der Waals surface area contributed by atoms with Crippen LogP contribution in [-0.2, 0) is 9.59 Å². The maximum absolute atomic E-state index is 13.1. The van der Waals surface area contributed by atoms with E-state index in [2.05, 4.69) is 4.90 Å². The molecule has 0 unspecified atom stereocenters. The second-order valence-corrected chi connectivity index (χ2v) is 7.50. The zero-order valence-corrected chi connectivity index (χ0v) is 17.1. The first-order valence-corrected chi connectivity index (χ1v) is 10.00. The van der Waals surface area contributed by atoms with Gasteiger partial charge < -0.3 is 24.4 Å². The molecule has 0 radical (unpaired) electrons. The number of amides is 2. The summed E-state index contributed by atoms with van der Waals surface area (Å²) in [6, 6.07) is 11.9. The van der Waals surface area contributed by atoms with Crippen molar-refractivity contribution < 1.29 is 29.1 Å². The van der Waals surface area contributed by atoms with Gasteiger partial charge in [-0.15, -0.1) is 0 Å². The SMILES string of the molecule is COc1ccc(N2C(=O)C[C@@H]([NH+]3CCN(c4ccccc4O)CC3)C2=O)cc1OC. The number of nitrogens with one attached hydrogen (secondary N) is 1. The molecule has 2 amide bonds. The fraction of sp³-hybridized carbons (Fsp3) is 0.364. The molecule has 1 atom stereocenters. The number of carbonyl (C=O) groups excluding carboxylic acids is 2. The maximum Gasteiger partial charge on any atom is 0.292 e. The molecule has 0 aromatic heterocycles. The van der Waals surface area contributed by atoms with Crippen molar-refractivity contribution in [2.75, 3.05) is 50.2 Å². The van der Waals surface area contributed by atoms with Gasteiger partial charge in [-0.1, -0.05) is 12.1 Å². The Morgan fingerprint density at radius 1 is 1.00 bits per heavy atom. The minimum atomic E-state index is -0.392. The number of phenols is 1. The van der Waals surface area contributed by atoms with Crippen LogP contribution in [0.15, 0.2) is 42.5 Å². The highest BCUT2D eigenvalue weighted by molar-refractivity contribution is 6.22. The van der Waals surface area contributed by atoms with E-state index in [-0.39, 0.29) is 24.0 Å². The molecule has 2 heterocycles. The molecule has 2 fully saturated rings. The number of methoxy groups -OCH3 is 2. The zero-order valence-electron chi connectivity index (χ0n) is 17.1. The van der Waals surface area contributed by atoms with Gasteiger partial charge in [0, 0.05) is 6.07 Å². The van der Waals surface area contributed by atoms with Crippen LogP contribution in [-0.4, -0.2) is 63.4 Å². The van der Waals surface area contributed by atoms with E-state index in [0.29, 0.717) is 30.3 Å². The smallest absolute Gasteiger partial charge is 0.292 e. The Bertz CT molecular complexity index is 956. The van der Waals surface area contributed by atoms with Crippen LogP contribution in [0.4, 0.5) is 11.4 Å². The largest absolute Gasteiger partial charge is 0.506 e. The van der Waals surface area contributed by atoms with Crippen LogP contribution in [0.2, 0.25) is 0 Å². The summed E-state index contributed by atoms with van der Waals surface area (Å²) < 4.78 is 10.5. The highest BCUT2D eigenvalue weighted by atomic mass is 16.5.